The number of benzene rings is 2. The van der Waals surface area contributed by atoms with Gasteiger partial charge in [-0.15, -0.1) is 0 Å². The lowest BCUT2D eigenvalue weighted by atomic mass is 10.1. The van der Waals surface area contributed by atoms with Gasteiger partial charge in [0.2, 0.25) is 0 Å². The van der Waals surface area contributed by atoms with Crippen LogP contribution in [-0.4, -0.2) is 0 Å². The van der Waals surface area contributed by atoms with Gasteiger partial charge < -0.3 is 5.32 Å². The Bertz CT molecular complexity index is 578. The third-order valence-electron chi connectivity index (χ3n) is 2.87. The number of halogens is 3. The molecule has 0 spiro atoms. The molecule has 0 aliphatic rings. The number of aryl methyl sites for hydroxylation is 1. The largest absolute Gasteiger partial charge is 0.378 e. The third-order valence-corrected chi connectivity index (χ3v) is 4.16. The van der Waals surface area contributed by atoms with Gasteiger partial charge in [-0.05, 0) is 49.2 Å². The van der Waals surface area contributed by atoms with E-state index < -0.39 is 0 Å². The highest BCUT2D eigenvalue weighted by Gasteiger charge is 2.12. The highest BCUT2D eigenvalue weighted by atomic mass is 79.9. The molecule has 2 aromatic carbocycles. The first-order valence-corrected chi connectivity index (χ1v) is 7.50. The minimum absolute atomic E-state index is 0.0832. The Hall–Kier alpha value is -0.700. The predicted octanol–water partition coefficient (Wildman–Crippen LogP) is 6.24. The average Bonchev–Trinajstić information content (AvgIpc) is 2.31. The van der Waals surface area contributed by atoms with Crippen molar-refractivity contribution in [1.82, 2.24) is 0 Å². The number of hydrogen-bond donors (Lipinski definition) is 1. The average molecular weight is 359 g/mol. The Morgan fingerprint density at radius 3 is 2.58 bits per heavy atom. The van der Waals surface area contributed by atoms with Crippen LogP contribution in [0, 0.1) is 6.92 Å². The molecule has 4 heteroatoms. The van der Waals surface area contributed by atoms with Crippen LogP contribution >= 0.6 is 39.1 Å². The fourth-order valence-corrected chi connectivity index (χ4v) is 3.08. The molecule has 0 aliphatic heterocycles. The summed E-state index contributed by atoms with van der Waals surface area (Å²) in [5.74, 6) is 0. The molecule has 0 heterocycles. The van der Waals surface area contributed by atoms with Gasteiger partial charge in [0.15, 0.2) is 0 Å². The lowest BCUT2D eigenvalue weighted by molar-refractivity contribution is 0.884. The van der Waals surface area contributed by atoms with Gasteiger partial charge in [0.1, 0.15) is 0 Å². The number of nitrogens with one attached hydrogen (secondary N) is 1. The van der Waals surface area contributed by atoms with Crippen molar-refractivity contribution in [1.29, 1.82) is 0 Å². The van der Waals surface area contributed by atoms with Crippen LogP contribution in [0.2, 0.25) is 10.0 Å². The minimum Gasteiger partial charge on any atom is -0.378 e. The lowest BCUT2D eigenvalue weighted by Gasteiger charge is -2.18. The highest BCUT2D eigenvalue weighted by molar-refractivity contribution is 9.10. The van der Waals surface area contributed by atoms with Crippen molar-refractivity contribution in [3.8, 4) is 0 Å². The summed E-state index contributed by atoms with van der Waals surface area (Å²) in [6.07, 6.45) is 0. The fourth-order valence-electron chi connectivity index (χ4n) is 2.00. The molecule has 1 N–H and O–H groups in total. The zero-order valence-corrected chi connectivity index (χ0v) is 13.8. The molecule has 0 aliphatic carbocycles. The first kappa shape index (κ1) is 14.7. The van der Waals surface area contributed by atoms with Crippen molar-refractivity contribution >= 4 is 44.8 Å². The summed E-state index contributed by atoms with van der Waals surface area (Å²) >= 11 is 15.8. The van der Waals surface area contributed by atoms with Crippen LogP contribution in [0.5, 0.6) is 0 Å². The molecule has 2 rings (SSSR count). The van der Waals surface area contributed by atoms with Crippen LogP contribution in [0.15, 0.2) is 40.9 Å². The van der Waals surface area contributed by atoms with E-state index in [4.69, 9.17) is 23.2 Å². The second-order valence-electron chi connectivity index (χ2n) is 4.53. The maximum absolute atomic E-state index is 6.24. The van der Waals surface area contributed by atoms with Gasteiger partial charge in [0.25, 0.3) is 0 Å². The summed E-state index contributed by atoms with van der Waals surface area (Å²) in [4.78, 5) is 0. The molecule has 1 unspecified atom stereocenters. The van der Waals surface area contributed by atoms with Crippen LogP contribution in [0.4, 0.5) is 5.69 Å². The van der Waals surface area contributed by atoms with E-state index in [0.29, 0.717) is 10.0 Å². The maximum atomic E-state index is 6.24. The van der Waals surface area contributed by atoms with Gasteiger partial charge in [0, 0.05) is 10.2 Å². The Kier molecular flexibility index (Phi) is 4.77. The standard InChI is InChI=1S/C15H14BrCl2N/c1-9-6-11(16)8-12(7-9)19-10(2)13-4-3-5-14(17)15(13)18/h3-8,10,19H,1-2H3. The van der Waals surface area contributed by atoms with E-state index >= 15 is 0 Å². The van der Waals surface area contributed by atoms with E-state index in [9.17, 15) is 0 Å². The van der Waals surface area contributed by atoms with E-state index in [-0.39, 0.29) is 6.04 Å². The molecule has 0 saturated heterocycles. The zero-order chi connectivity index (χ0) is 14.0. The lowest BCUT2D eigenvalue weighted by Crippen LogP contribution is -2.07. The Labute approximate surface area is 132 Å². The number of rotatable bonds is 3. The van der Waals surface area contributed by atoms with E-state index in [1.807, 2.05) is 18.2 Å². The topological polar surface area (TPSA) is 12.0 Å². The zero-order valence-electron chi connectivity index (χ0n) is 10.7. The second-order valence-corrected chi connectivity index (χ2v) is 6.23. The highest BCUT2D eigenvalue weighted by Crippen LogP contribution is 2.32. The van der Waals surface area contributed by atoms with E-state index in [1.165, 1.54) is 5.56 Å². The first-order chi connectivity index (χ1) is 8.97. The molecular formula is C15H14BrCl2N. The molecule has 0 fully saturated rings. The molecule has 0 saturated carbocycles. The van der Waals surface area contributed by atoms with Crippen molar-refractivity contribution in [3.05, 3.63) is 62.0 Å². The fraction of sp³-hybridized carbons (Fsp3) is 0.200. The number of anilines is 1. The second kappa shape index (κ2) is 6.17. The van der Waals surface area contributed by atoms with Crippen LogP contribution < -0.4 is 5.32 Å². The third kappa shape index (κ3) is 3.65. The van der Waals surface area contributed by atoms with Crippen molar-refractivity contribution in [3.63, 3.8) is 0 Å². The molecular weight excluding hydrogens is 345 g/mol. The van der Waals surface area contributed by atoms with Gasteiger partial charge in [0.05, 0.1) is 16.1 Å². The van der Waals surface area contributed by atoms with Gasteiger partial charge in [-0.2, -0.15) is 0 Å². The van der Waals surface area contributed by atoms with Gasteiger partial charge in [-0.25, -0.2) is 0 Å². The molecule has 0 radical (unpaired) electrons. The van der Waals surface area contributed by atoms with E-state index in [0.717, 1.165) is 15.7 Å². The van der Waals surface area contributed by atoms with Crippen molar-refractivity contribution in [2.75, 3.05) is 5.32 Å². The summed E-state index contributed by atoms with van der Waals surface area (Å²) in [5, 5.41) is 4.62. The molecule has 0 aromatic heterocycles. The molecule has 0 bridgehead atoms. The van der Waals surface area contributed by atoms with Gasteiger partial charge in [-0.1, -0.05) is 51.3 Å². The molecule has 2 aromatic rings. The van der Waals surface area contributed by atoms with Crippen molar-refractivity contribution in [2.24, 2.45) is 0 Å². The van der Waals surface area contributed by atoms with Crippen LogP contribution in [0.25, 0.3) is 0 Å². The predicted molar refractivity (Wildman–Crippen MR) is 87.4 cm³/mol. The Morgan fingerprint density at radius 1 is 1.16 bits per heavy atom. The summed E-state index contributed by atoms with van der Waals surface area (Å²) in [6, 6.07) is 12.0. The SMILES string of the molecule is Cc1cc(Br)cc(NC(C)c2cccc(Cl)c2Cl)c1. The van der Waals surface area contributed by atoms with Crippen LogP contribution in [0.3, 0.4) is 0 Å². The minimum atomic E-state index is 0.0832. The van der Waals surface area contributed by atoms with Crippen LogP contribution in [-0.2, 0) is 0 Å². The summed E-state index contributed by atoms with van der Waals surface area (Å²) in [6.45, 7) is 4.13. The maximum Gasteiger partial charge on any atom is 0.0644 e. The first-order valence-electron chi connectivity index (χ1n) is 5.95. The van der Waals surface area contributed by atoms with E-state index in [2.05, 4.69) is 47.2 Å². The summed E-state index contributed by atoms with van der Waals surface area (Å²) in [7, 11) is 0. The van der Waals surface area contributed by atoms with Gasteiger partial charge in [-0.3, -0.25) is 0 Å². The normalized spacial score (nSPS) is 12.3. The summed E-state index contributed by atoms with van der Waals surface area (Å²) < 4.78 is 1.05. The molecule has 19 heavy (non-hydrogen) atoms. The van der Waals surface area contributed by atoms with Crippen molar-refractivity contribution < 1.29 is 0 Å². The van der Waals surface area contributed by atoms with E-state index in [1.54, 1.807) is 6.07 Å². The molecule has 0 amide bonds. The number of hydrogen-bond acceptors (Lipinski definition) is 1. The monoisotopic (exact) mass is 357 g/mol. The quantitative estimate of drug-likeness (QED) is 0.684. The van der Waals surface area contributed by atoms with Gasteiger partial charge >= 0.3 is 0 Å². The van der Waals surface area contributed by atoms with Crippen LogP contribution in [0.1, 0.15) is 24.1 Å². The molecule has 1 atom stereocenters. The molecule has 1 nitrogen and oxygen atoms in total. The Balaban J connectivity index is 2.25. The smallest absolute Gasteiger partial charge is 0.0644 e. The molecule has 100 valence electrons. The van der Waals surface area contributed by atoms with Crippen molar-refractivity contribution in [2.45, 2.75) is 19.9 Å². The Morgan fingerprint density at radius 2 is 1.89 bits per heavy atom. The summed E-state index contributed by atoms with van der Waals surface area (Å²) in [5.41, 5.74) is 3.24.